The maximum absolute atomic E-state index is 13.9. The zero-order chi connectivity index (χ0) is 24.3. The van der Waals surface area contributed by atoms with E-state index in [1.54, 1.807) is 0 Å². The number of nitrogens with zero attached hydrogens (tertiary/aromatic N) is 2. The van der Waals surface area contributed by atoms with E-state index >= 15 is 0 Å². The summed E-state index contributed by atoms with van der Waals surface area (Å²) in [6, 6.07) is 3.55. The van der Waals surface area contributed by atoms with Gasteiger partial charge in [0.2, 0.25) is 0 Å². The monoisotopic (exact) mass is 446 g/mol. The molecule has 0 amide bonds. The number of halogens is 2. The zero-order valence-corrected chi connectivity index (χ0v) is 19.9. The van der Waals surface area contributed by atoms with Crippen LogP contribution in [0.1, 0.15) is 71.4 Å². The molecule has 3 N–H and O–H groups in total. The minimum absolute atomic E-state index is 0.167. The van der Waals surface area contributed by atoms with Gasteiger partial charge in [-0.05, 0) is 19.1 Å². The van der Waals surface area contributed by atoms with Crippen LogP contribution in [0.5, 0.6) is 0 Å². The van der Waals surface area contributed by atoms with E-state index in [2.05, 4.69) is 16.9 Å². The van der Waals surface area contributed by atoms with Crippen molar-refractivity contribution in [2.75, 3.05) is 23.3 Å². The molecule has 0 bridgehead atoms. The van der Waals surface area contributed by atoms with Gasteiger partial charge < -0.3 is 20.7 Å². The average molecular weight is 447 g/mol. The van der Waals surface area contributed by atoms with Gasteiger partial charge in [0, 0.05) is 12.7 Å². The van der Waals surface area contributed by atoms with Crippen molar-refractivity contribution in [2.24, 2.45) is 0 Å². The van der Waals surface area contributed by atoms with Crippen LogP contribution < -0.4 is 10.2 Å². The average Bonchev–Trinajstić information content (AvgIpc) is 3.09. The van der Waals surface area contributed by atoms with Crippen LogP contribution in [0.15, 0.2) is 31.0 Å². The predicted octanol–water partition coefficient (Wildman–Crippen LogP) is 7.45. The first kappa shape index (κ1) is 27.1. The molecule has 1 aliphatic heterocycles. The van der Waals surface area contributed by atoms with E-state index in [1.165, 1.54) is 37.9 Å². The lowest BCUT2D eigenvalue weighted by molar-refractivity contribution is 0.504. The van der Waals surface area contributed by atoms with Crippen molar-refractivity contribution in [3.8, 4) is 0 Å². The number of hydrogen-bond acceptors (Lipinski definition) is 5. The lowest BCUT2D eigenvalue weighted by Gasteiger charge is -2.20. The number of aromatic nitrogens is 1. The van der Waals surface area contributed by atoms with Crippen molar-refractivity contribution in [1.29, 1.82) is 5.41 Å². The van der Waals surface area contributed by atoms with Gasteiger partial charge in [-0.25, -0.2) is 13.8 Å². The fraction of sp³-hybridized carbons (Fsp3) is 0.440. The molecule has 176 valence electrons. The minimum Gasteiger partial charge on any atom is -0.508 e. The molecule has 0 spiro atoms. The lowest BCUT2D eigenvalue weighted by atomic mass is 10.0. The molecule has 0 radical (unpaired) electrons. The van der Waals surface area contributed by atoms with Gasteiger partial charge in [0.05, 0.1) is 29.1 Å². The van der Waals surface area contributed by atoms with Crippen LogP contribution in [-0.2, 0) is 0 Å². The van der Waals surface area contributed by atoms with Gasteiger partial charge >= 0.3 is 0 Å². The van der Waals surface area contributed by atoms with E-state index in [-0.39, 0.29) is 23.0 Å². The number of pyridine rings is 1. The Balaban J connectivity index is 0.000000554. The van der Waals surface area contributed by atoms with Crippen LogP contribution in [0.2, 0.25) is 0 Å². The van der Waals surface area contributed by atoms with Crippen LogP contribution in [0.25, 0.3) is 5.76 Å². The molecule has 0 unspecified atom stereocenters. The number of anilines is 3. The van der Waals surface area contributed by atoms with Crippen LogP contribution >= 0.6 is 0 Å². The second-order valence-corrected chi connectivity index (χ2v) is 6.82. The largest absolute Gasteiger partial charge is 0.508 e. The van der Waals surface area contributed by atoms with E-state index in [1.807, 2.05) is 39.5 Å². The fourth-order valence-corrected chi connectivity index (χ4v) is 3.03. The molecule has 7 heteroatoms. The highest BCUT2D eigenvalue weighted by molar-refractivity contribution is 6.15. The van der Waals surface area contributed by atoms with Gasteiger partial charge in [-0.2, -0.15) is 0 Å². The Hall–Kier alpha value is -2.96. The summed E-state index contributed by atoms with van der Waals surface area (Å²) in [4.78, 5) is 6.01. The van der Waals surface area contributed by atoms with E-state index in [0.717, 1.165) is 12.1 Å². The number of rotatable bonds is 4. The van der Waals surface area contributed by atoms with Gasteiger partial charge in [0.25, 0.3) is 0 Å². The first-order chi connectivity index (χ1) is 15.4. The molecule has 5 nitrogen and oxygen atoms in total. The summed E-state index contributed by atoms with van der Waals surface area (Å²) in [7, 11) is 0. The molecule has 2 aromatic rings. The molecule has 4 rings (SSSR count). The summed E-state index contributed by atoms with van der Waals surface area (Å²) in [5, 5.41) is 20.6. The molecule has 2 heterocycles. The van der Waals surface area contributed by atoms with E-state index < -0.39 is 11.6 Å². The van der Waals surface area contributed by atoms with Gasteiger partial charge in [0.1, 0.15) is 28.9 Å². The van der Waals surface area contributed by atoms with Crippen molar-refractivity contribution in [3.63, 3.8) is 0 Å². The molecule has 1 fully saturated rings. The lowest BCUT2D eigenvalue weighted by Crippen LogP contribution is -2.22. The van der Waals surface area contributed by atoms with E-state index in [0.29, 0.717) is 29.9 Å². The minimum atomic E-state index is -0.752. The van der Waals surface area contributed by atoms with Crippen molar-refractivity contribution in [1.82, 2.24) is 4.98 Å². The van der Waals surface area contributed by atoms with Gasteiger partial charge in [-0.1, -0.05) is 66.0 Å². The first-order valence-corrected chi connectivity index (χ1v) is 11.4. The van der Waals surface area contributed by atoms with Crippen molar-refractivity contribution in [3.05, 3.63) is 53.7 Å². The predicted molar refractivity (Wildman–Crippen MR) is 131 cm³/mol. The highest BCUT2D eigenvalue weighted by Gasteiger charge is 2.31. The summed E-state index contributed by atoms with van der Waals surface area (Å²) in [6.45, 7) is 14.4. The summed E-state index contributed by atoms with van der Waals surface area (Å²) in [5.74, 6) is -1.51. The van der Waals surface area contributed by atoms with Crippen molar-refractivity contribution < 1.29 is 13.9 Å². The third-order valence-corrected chi connectivity index (χ3v) is 4.92. The Morgan fingerprint density at radius 2 is 1.66 bits per heavy atom. The Kier molecular flexibility index (Phi) is 11.4. The maximum atomic E-state index is 13.9. The number of benzene rings is 1. The van der Waals surface area contributed by atoms with Crippen molar-refractivity contribution in [2.45, 2.75) is 60.3 Å². The van der Waals surface area contributed by atoms with Crippen molar-refractivity contribution >= 4 is 28.7 Å². The second-order valence-electron chi connectivity index (χ2n) is 6.82. The number of aliphatic hydroxyl groups is 1. The molecule has 2 aliphatic rings. The second kappa shape index (κ2) is 13.5. The number of likely N-dealkylation sites (N-methyl/N-ethyl adjacent to an activating group) is 1. The van der Waals surface area contributed by atoms with Crippen LogP contribution in [0, 0.1) is 17.0 Å². The van der Waals surface area contributed by atoms with E-state index in [4.69, 9.17) is 5.41 Å². The fourth-order valence-electron chi connectivity index (χ4n) is 3.03. The molecule has 32 heavy (non-hydrogen) atoms. The number of aliphatic hydroxyl groups excluding tert-OH is 1. The summed E-state index contributed by atoms with van der Waals surface area (Å²) in [6.07, 6.45) is 7.38. The Morgan fingerprint density at radius 1 is 1.12 bits per heavy atom. The summed E-state index contributed by atoms with van der Waals surface area (Å²) in [5.41, 5.74) is 1.32. The Bertz CT molecular complexity index is 887. The standard InChI is InChI=1S/C17H16F2N4O.C4H8.2C2H6/c1-3-23-8-13(20)14-16(23)10(9(2)24)7-21-17(14)22-15-11(18)5-4-6-12(15)19;1-2-4-3-1;2*1-2/h4-7,20,24H,2-3,8H2,1H3,(H,21,22);1-4H2;2*1-2H3. The number of hydrogen-bond donors (Lipinski definition) is 3. The highest BCUT2D eigenvalue weighted by Crippen LogP contribution is 2.39. The Morgan fingerprint density at radius 3 is 2.09 bits per heavy atom. The molecule has 1 aliphatic carbocycles. The zero-order valence-electron chi connectivity index (χ0n) is 19.9. The smallest absolute Gasteiger partial charge is 0.149 e. The SMILES string of the molecule is C1CCC1.C=C(O)c1cnc(Nc2c(F)cccc2F)c2c1N(CC)CC2=N.CC.CC. The summed E-state index contributed by atoms with van der Waals surface area (Å²) < 4.78 is 27.8. The summed E-state index contributed by atoms with van der Waals surface area (Å²) >= 11 is 0. The van der Waals surface area contributed by atoms with Crippen LogP contribution in [-0.4, -0.2) is 28.9 Å². The molecular formula is C25H36F2N4O. The normalized spacial score (nSPS) is 13.2. The maximum Gasteiger partial charge on any atom is 0.149 e. The van der Waals surface area contributed by atoms with Gasteiger partial charge in [0.15, 0.2) is 0 Å². The third-order valence-electron chi connectivity index (χ3n) is 4.92. The molecule has 1 saturated carbocycles. The topological polar surface area (TPSA) is 72.2 Å². The first-order valence-electron chi connectivity index (χ1n) is 11.4. The van der Waals surface area contributed by atoms with Gasteiger partial charge in [-0.15, -0.1) is 0 Å². The third kappa shape index (κ3) is 6.28. The molecule has 1 aromatic carbocycles. The van der Waals surface area contributed by atoms with E-state index in [9.17, 15) is 13.9 Å². The highest BCUT2D eigenvalue weighted by atomic mass is 19.1. The van der Waals surface area contributed by atoms with Gasteiger partial charge in [-0.3, -0.25) is 0 Å². The molecule has 0 saturated heterocycles. The quantitative estimate of drug-likeness (QED) is 0.426. The van der Waals surface area contributed by atoms with Crippen LogP contribution in [0.4, 0.5) is 26.0 Å². The van der Waals surface area contributed by atoms with Crippen LogP contribution in [0.3, 0.4) is 0 Å². The molecule has 0 atom stereocenters. The molecule has 1 aromatic heterocycles. The number of para-hydroxylation sites is 1. The molecular weight excluding hydrogens is 410 g/mol. The Labute approximate surface area is 190 Å². The number of fused-ring (bicyclic) bond motifs is 1. The number of nitrogens with one attached hydrogen (secondary N) is 2.